The van der Waals surface area contributed by atoms with Crippen LogP contribution in [0.5, 0.6) is 0 Å². The predicted octanol–water partition coefficient (Wildman–Crippen LogP) is 2.09. The first-order valence-electron chi connectivity index (χ1n) is 5.66. The Balaban J connectivity index is 2.31. The Morgan fingerprint density at radius 3 is 2.95 bits per heavy atom. The van der Waals surface area contributed by atoms with Crippen molar-refractivity contribution in [2.24, 2.45) is 0 Å². The lowest BCUT2D eigenvalue weighted by atomic mass is 10.1. The maximum absolute atomic E-state index is 11.4. The maximum Gasteiger partial charge on any atom is 0.360 e. The molecule has 2 aromatic rings. The standard InChI is InChI=1S/C13H11N3O3/c1-3-18-13(17)11-5-12(19-16-11)10-4-8(2)9(6-14)7-15-10/h4-5,7H,3H2,1-2H3. The first-order valence-corrected chi connectivity index (χ1v) is 5.66. The molecule has 0 aliphatic rings. The number of hydrogen-bond acceptors (Lipinski definition) is 6. The second-order valence-electron chi connectivity index (χ2n) is 3.79. The second kappa shape index (κ2) is 5.31. The lowest BCUT2D eigenvalue weighted by Crippen LogP contribution is -2.04. The fraction of sp³-hybridized carbons (Fsp3) is 0.231. The van der Waals surface area contributed by atoms with Crippen molar-refractivity contribution in [3.05, 3.63) is 35.2 Å². The Bertz CT molecular complexity index is 655. The summed E-state index contributed by atoms with van der Waals surface area (Å²) in [6.07, 6.45) is 1.46. The molecule has 0 bridgehead atoms. The van der Waals surface area contributed by atoms with E-state index < -0.39 is 5.97 Å². The number of rotatable bonds is 3. The van der Waals surface area contributed by atoms with Gasteiger partial charge in [0.1, 0.15) is 11.8 Å². The van der Waals surface area contributed by atoms with E-state index in [4.69, 9.17) is 14.5 Å². The fourth-order valence-corrected chi connectivity index (χ4v) is 1.50. The van der Waals surface area contributed by atoms with E-state index in [0.717, 1.165) is 5.56 Å². The number of ether oxygens (including phenoxy) is 1. The summed E-state index contributed by atoms with van der Waals surface area (Å²) in [6, 6.07) is 5.20. The van der Waals surface area contributed by atoms with Crippen LogP contribution in [0.2, 0.25) is 0 Å². The zero-order valence-electron chi connectivity index (χ0n) is 10.5. The van der Waals surface area contributed by atoms with Crippen molar-refractivity contribution in [3.8, 4) is 17.5 Å². The highest BCUT2D eigenvalue weighted by molar-refractivity contribution is 5.88. The van der Waals surface area contributed by atoms with E-state index in [0.29, 0.717) is 17.0 Å². The molecule has 0 radical (unpaired) electrons. The summed E-state index contributed by atoms with van der Waals surface area (Å²) in [6.45, 7) is 3.78. The number of nitrogens with zero attached hydrogens (tertiary/aromatic N) is 3. The molecule has 96 valence electrons. The van der Waals surface area contributed by atoms with Crippen molar-refractivity contribution in [1.82, 2.24) is 10.1 Å². The number of esters is 1. The molecule has 0 unspecified atom stereocenters. The molecule has 6 nitrogen and oxygen atoms in total. The van der Waals surface area contributed by atoms with E-state index >= 15 is 0 Å². The van der Waals surface area contributed by atoms with Gasteiger partial charge in [0.05, 0.1) is 12.2 Å². The van der Waals surface area contributed by atoms with E-state index in [1.54, 1.807) is 19.9 Å². The quantitative estimate of drug-likeness (QED) is 0.782. The van der Waals surface area contributed by atoms with Crippen LogP contribution in [0.1, 0.15) is 28.5 Å². The number of nitriles is 1. The molecule has 19 heavy (non-hydrogen) atoms. The van der Waals surface area contributed by atoms with Crippen molar-refractivity contribution < 1.29 is 14.1 Å². The molecular formula is C13H11N3O3. The van der Waals surface area contributed by atoms with E-state index in [1.165, 1.54) is 12.3 Å². The van der Waals surface area contributed by atoms with Crippen LogP contribution < -0.4 is 0 Å². The largest absolute Gasteiger partial charge is 0.461 e. The van der Waals surface area contributed by atoms with Gasteiger partial charge in [-0.1, -0.05) is 5.16 Å². The highest BCUT2D eigenvalue weighted by Crippen LogP contribution is 2.20. The fourth-order valence-electron chi connectivity index (χ4n) is 1.50. The Labute approximate surface area is 109 Å². The molecule has 0 aromatic carbocycles. The third-order valence-electron chi connectivity index (χ3n) is 2.48. The van der Waals surface area contributed by atoms with Crippen LogP contribution in [-0.4, -0.2) is 22.7 Å². The molecule has 2 heterocycles. The zero-order chi connectivity index (χ0) is 13.8. The summed E-state index contributed by atoms with van der Waals surface area (Å²) in [4.78, 5) is 15.5. The third-order valence-corrected chi connectivity index (χ3v) is 2.48. The van der Waals surface area contributed by atoms with Gasteiger partial charge in [0.2, 0.25) is 0 Å². The topological polar surface area (TPSA) is 89.0 Å². The normalized spacial score (nSPS) is 9.95. The minimum atomic E-state index is -0.539. The highest BCUT2D eigenvalue weighted by atomic mass is 16.5. The third kappa shape index (κ3) is 2.60. The van der Waals surface area contributed by atoms with E-state index in [1.807, 2.05) is 6.07 Å². The molecule has 0 atom stereocenters. The SMILES string of the molecule is CCOC(=O)c1cc(-c2cc(C)c(C#N)cn2)on1. The lowest BCUT2D eigenvalue weighted by Gasteiger charge is -1.98. The van der Waals surface area contributed by atoms with Gasteiger partial charge < -0.3 is 9.26 Å². The van der Waals surface area contributed by atoms with Crippen LogP contribution in [0.15, 0.2) is 22.9 Å². The molecular weight excluding hydrogens is 246 g/mol. The molecule has 6 heteroatoms. The molecule has 0 amide bonds. The van der Waals surface area contributed by atoms with Gasteiger partial charge in [0.25, 0.3) is 0 Å². The smallest absolute Gasteiger partial charge is 0.360 e. The van der Waals surface area contributed by atoms with Gasteiger partial charge in [-0.25, -0.2) is 4.79 Å². The second-order valence-corrected chi connectivity index (χ2v) is 3.79. The Morgan fingerprint density at radius 2 is 2.32 bits per heavy atom. The molecule has 0 fully saturated rings. The van der Waals surface area contributed by atoms with Gasteiger partial charge in [0, 0.05) is 12.3 Å². The Morgan fingerprint density at radius 1 is 1.53 bits per heavy atom. The van der Waals surface area contributed by atoms with E-state index in [-0.39, 0.29) is 12.3 Å². The van der Waals surface area contributed by atoms with Gasteiger partial charge in [-0.05, 0) is 25.5 Å². The predicted molar refractivity (Wildman–Crippen MR) is 65.1 cm³/mol. The first kappa shape index (κ1) is 12.8. The van der Waals surface area contributed by atoms with Crippen LogP contribution in [0.4, 0.5) is 0 Å². The van der Waals surface area contributed by atoms with Gasteiger partial charge in [-0.2, -0.15) is 5.26 Å². The average molecular weight is 257 g/mol. The zero-order valence-corrected chi connectivity index (χ0v) is 10.5. The number of aromatic nitrogens is 2. The maximum atomic E-state index is 11.4. The van der Waals surface area contributed by atoms with E-state index in [9.17, 15) is 4.79 Å². The monoisotopic (exact) mass is 257 g/mol. The van der Waals surface area contributed by atoms with Gasteiger partial charge in [0.15, 0.2) is 11.5 Å². The van der Waals surface area contributed by atoms with Crippen LogP contribution in [-0.2, 0) is 4.74 Å². The lowest BCUT2D eigenvalue weighted by molar-refractivity contribution is 0.0514. The molecule has 2 rings (SSSR count). The number of hydrogen-bond donors (Lipinski definition) is 0. The van der Waals surface area contributed by atoms with Crippen LogP contribution in [0.25, 0.3) is 11.5 Å². The molecule has 0 spiro atoms. The molecule has 0 aliphatic heterocycles. The van der Waals surface area contributed by atoms with Crippen molar-refractivity contribution in [3.63, 3.8) is 0 Å². The van der Waals surface area contributed by atoms with Gasteiger partial charge >= 0.3 is 5.97 Å². The highest BCUT2D eigenvalue weighted by Gasteiger charge is 2.15. The summed E-state index contributed by atoms with van der Waals surface area (Å²) in [7, 11) is 0. The minimum absolute atomic E-state index is 0.0978. The molecule has 0 saturated carbocycles. The summed E-state index contributed by atoms with van der Waals surface area (Å²) < 4.78 is 9.86. The first-order chi connectivity index (χ1) is 9.15. The average Bonchev–Trinajstić information content (AvgIpc) is 2.88. The number of carbonyl (C=O) groups is 1. The van der Waals surface area contributed by atoms with Crippen molar-refractivity contribution in [2.75, 3.05) is 6.61 Å². The van der Waals surface area contributed by atoms with Crippen LogP contribution >= 0.6 is 0 Å². The van der Waals surface area contributed by atoms with Gasteiger partial charge in [-0.3, -0.25) is 4.98 Å². The van der Waals surface area contributed by atoms with E-state index in [2.05, 4.69) is 10.1 Å². The summed E-state index contributed by atoms with van der Waals surface area (Å²) in [5, 5.41) is 12.5. The Kier molecular flexibility index (Phi) is 3.57. The molecule has 0 N–H and O–H groups in total. The Hall–Kier alpha value is -2.68. The summed E-state index contributed by atoms with van der Waals surface area (Å²) in [5.41, 5.74) is 1.88. The van der Waals surface area contributed by atoms with Crippen molar-refractivity contribution in [2.45, 2.75) is 13.8 Å². The van der Waals surface area contributed by atoms with Crippen LogP contribution in [0.3, 0.4) is 0 Å². The number of pyridine rings is 1. The van der Waals surface area contributed by atoms with Crippen molar-refractivity contribution in [1.29, 1.82) is 5.26 Å². The number of carbonyl (C=O) groups excluding carboxylic acids is 1. The summed E-state index contributed by atoms with van der Waals surface area (Å²) in [5.74, 6) is -0.182. The van der Waals surface area contributed by atoms with Gasteiger partial charge in [-0.15, -0.1) is 0 Å². The number of aryl methyl sites for hydroxylation is 1. The molecule has 0 aliphatic carbocycles. The molecule has 2 aromatic heterocycles. The van der Waals surface area contributed by atoms with Crippen LogP contribution in [0, 0.1) is 18.3 Å². The minimum Gasteiger partial charge on any atom is -0.461 e. The van der Waals surface area contributed by atoms with Crippen molar-refractivity contribution >= 4 is 5.97 Å². The molecule has 0 saturated heterocycles. The summed E-state index contributed by atoms with van der Waals surface area (Å²) >= 11 is 0.